The quantitative estimate of drug-likeness (QED) is 0.756. The molecule has 0 aliphatic carbocycles. The predicted octanol–water partition coefficient (Wildman–Crippen LogP) is 3.45. The molecular weight excluding hydrogens is 252 g/mol. The van der Waals surface area contributed by atoms with E-state index in [-0.39, 0.29) is 0 Å². The summed E-state index contributed by atoms with van der Waals surface area (Å²) in [6.07, 6.45) is 1.99. The van der Waals surface area contributed by atoms with Crippen LogP contribution in [0.5, 0.6) is 5.75 Å². The van der Waals surface area contributed by atoms with Crippen LogP contribution in [-0.2, 0) is 0 Å². The molecule has 0 saturated carbocycles. The molecule has 4 heteroatoms. The first-order valence-corrected chi connectivity index (χ1v) is 9.94. The van der Waals surface area contributed by atoms with Crippen molar-refractivity contribution < 1.29 is 4.74 Å². The van der Waals surface area contributed by atoms with Crippen LogP contribution < -0.4 is 10.1 Å². The van der Waals surface area contributed by atoms with Gasteiger partial charge in [0, 0.05) is 5.32 Å². The molecule has 0 aromatic carbocycles. The Morgan fingerprint density at radius 3 is 2.37 bits per heavy atom. The number of ether oxygens (including phenoxy) is 1. The van der Waals surface area contributed by atoms with E-state index in [0.29, 0.717) is 6.61 Å². The molecule has 2 aromatic rings. The Morgan fingerprint density at radius 2 is 1.79 bits per heavy atom. The van der Waals surface area contributed by atoms with E-state index >= 15 is 0 Å². The van der Waals surface area contributed by atoms with Gasteiger partial charge in [0.2, 0.25) is 0 Å². The molecule has 104 valence electrons. The molecular formula is C15H24N2OSi. The molecule has 0 atom stereocenters. The summed E-state index contributed by atoms with van der Waals surface area (Å²) in [7, 11) is -1.39. The topological polar surface area (TPSA) is 26.5 Å². The lowest BCUT2D eigenvalue weighted by molar-refractivity contribution is 0.338. The van der Waals surface area contributed by atoms with Crippen molar-refractivity contribution in [1.29, 1.82) is 0 Å². The largest absolute Gasteiger partial charge is 0.492 e. The number of nitrogens with zero attached hydrogens (tertiary/aromatic N) is 2. The lowest BCUT2D eigenvalue weighted by Gasteiger charge is -2.25. The van der Waals surface area contributed by atoms with Gasteiger partial charge in [-0.05, 0) is 25.1 Å². The van der Waals surface area contributed by atoms with Gasteiger partial charge in [0.25, 0.3) is 0 Å². The molecule has 0 aliphatic rings. The summed E-state index contributed by atoms with van der Waals surface area (Å²) in [6.45, 7) is 9.64. The molecule has 0 unspecified atom stereocenters. The third kappa shape index (κ3) is 2.54. The molecule has 2 aromatic heterocycles. The van der Waals surface area contributed by atoms with Gasteiger partial charge in [0.05, 0.1) is 18.3 Å². The molecule has 0 N–H and O–H groups in total. The fraction of sp³-hybridized carbons (Fsp3) is 0.533. The summed E-state index contributed by atoms with van der Waals surface area (Å²) in [4.78, 5) is 0. The molecule has 0 radical (unpaired) electrons. The fourth-order valence-electron chi connectivity index (χ4n) is 2.77. The molecule has 2 rings (SSSR count). The van der Waals surface area contributed by atoms with Crippen molar-refractivity contribution in [2.24, 2.45) is 0 Å². The van der Waals surface area contributed by atoms with Gasteiger partial charge in [0.15, 0.2) is 0 Å². The number of fused-ring (bicyclic) bond motifs is 1. The maximum atomic E-state index is 5.54. The van der Waals surface area contributed by atoms with E-state index in [1.807, 2.05) is 23.7 Å². The van der Waals surface area contributed by atoms with Crippen molar-refractivity contribution in [3.8, 4) is 5.75 Å². The third-order valence-corrected chi connectivity index (χ3v) is 9.71. The van der Waals surface area contributed by atoms with Gasteiger partial charge >= 0.3 is 0 Å². The van der Waals surface area contributed by atoms with E-state index in [4.69, 9.17) is 9.84 Å². The number of pyridine rings is 1. The van der Waals surface area contributed by atoms with Gasteiger partial charge in [0.1, 0.15) is 13.8 Å². The van der Waals surface area contributed by atoms with Crippen molar-refractivity contribution in [2.45, 2.75) is 45.8 Å². The van der Waals surface area contributed by atoms with Gasteiger partial charge in [-0.3, -0.25) is 0 Å². The second kappa shape index (κ2) is 5.78. The van der Waals surface area contributed by atoms with Gasteiger partial charge in [-0.2, -0.15) is 5.10 Å². The summed E-state index contributed by atoms with van der Waals surface area (Å²) in [5.74, 6) is 0.890. The lowest BCUT2D eigenvalue weighted by atomic mass is 10.4. The first-order valence-electron chi connectivity index (χ1n) is 7.31. The van der Waals surface area contributed by atoms with E-state index < -0.39 is 8.07 Å². The molecule has 0 saturated heterocycles. The second-order valence-electron chi connectivity index (χ2n) is 5.04. The first kappa shape index (κ1) is 14.1. The lowest BCUT2D eigenvalue weighted by Crippen LogP contribution is -2.46. The maximum Gasteiger partial charge on any atom is 0.137 e. The third-order valence-electron chi connectivity index (χ3n) is 4.32. The number of hydrogen-bond acceptors (Lipinski definition) is 2. The highest BCUT2D eigenvalue weighted by Gasteiger charge is 2.32. The van der Waals surface area contributed by atoms with Crippen LogP contribution in [0.4, 0.5) is 0 Å². The average molecular weight is 276 g/mol. The normalized spacial score (nSPS) is 12.0. The van der Waals surface area contributed by atoms with E-state index in [9.17, 15) is 0 Å². The summed E-state index contributed by atoms with van der Waals surface area (Å²) in [5.41, 5.74) is 1.17. The molecule has 0 bridgehead atoms. The summed E-state index contributed by atoms with van der Waals surface area (Å²) in [5, 5.41) is 6.18. The minimum absolute atomic E-state index is 0.692. The van der Waals surface area contributed by atoms with Crippen molar-refractivity contribution in [1.82, 2.24) is 9.61 Å². The van der Waals surface area contributed by atoms with Gasteiger partial charge < -0.3 is 4.74 Å². The molecule has 3 nitrogen and oxygen atoms in total. The smallest absolute Gasteiger partial charge is 0.137 e. The zero-order valence-corrected chi connectivity index (χ0v) is 13.4. The van der Waals surface area contributed by atoms with Crippen molar-refractivity contribution in [2.75, 3.05) is 6.61 Å². The van der Waals surface area contributed by atoms with Crippen LogP contribution in [0.3, 0.4) is 0 Å². The van der Waals surface area contributed by atoms with Gasteiger partial charge in [-0.15, -0.1) is 0 Å². The zero-order valence-electron chi connectivity index (χ0n) is 12.4. The van der Waals surface area contributed by atoms with E-state index in [2.05, 4.69) is 32.9 Å². The highest BCUT2D eigenvalue weighted by atomic mass is 28.3. The highest BCUT2D eigenvalue weighted by Crippen LogP contribution is 2.21. The summed E-state index contributed by atoms with van der Waals surface area (Å²) >= 11 is 0. The Balaban J connectivity index is 2.45. The molecule has 2 heterocycles. The summed E-state index contributed by atoms with van der Waals surface area (Å²) < 4.78 is 7.51. The predicted molar refractivity (Wildman–Crippen MR) is 83.2 cm³/mol. The van der Waals surface area contributed by atoms with Crippen molar-refractivity contribution in [3.05, 3.63) is 24.4 Å². The van der Waals surface area contributed by atoms with E-state index in [0.717, 1.165) is 5.75 Å². The average Bonchev–Trinajstić information content (AvgIpc) is 2.85. The Hall–Kier alpha value is -1.29. The van der Waals surface area contributed by atoms with Crippen LogP contribution in [0.15, 0.2) is 24.4 Å². The molecule has 0 amide bonds. The summed E-state index contributed by atoms with van der Waals surface area (Å²) in [6, 6.07) is 10.2. The van der Waals surface area contributed by atoms with E-state index in [1.54, 1.807) is 0 Å². The standard InChI is InChI=1S/C15H24N2OSi/c1-5-18-14-10-9-13-11-15(16-17(13)12-14)19(6-2,7-3)8-4/h9-12H,5-8H2,1-4H3. The molecule has 0 aliphatic heterocycles. The van der Waals surface area contributed by atoms with Crippen LogP contribution in [-0.4, -0.2) is 24.3 Å². The van der Waals surface area contributed by atoms with Crippen LogP contribution in [0, 0.1) is 0 Å². The monoisotopic (exact) mass is 276 g/mol. The Kier molecular flexibility index (Phi) is 4.30. The molecule has 0 spiro atoms. The van der Waals surface area contributed by atoms with Crippen LogP contribution in [0.2, 0.25) is 18.1 Å². The zero-order chi connectivity index (χ0) is 13.9. The Bertz CT molecular complexity index is 538. The van der Waals surface area contributed by atoms with Crippen LogP contribution in [0.1, 0.15) is 27.7 Å². The maximum absolute atomic E-state index is 5.54. The van der Waals surface area contributed by atoms with Crippen molar-refractivity contribution in [3.63, 3.8) is 0 Å². The SMILES string of the molecule is CCOc1ccc2cc([Si](CC)(CC)CC)nn2c1. The Morgan fingerprint density at radius 1 is 1.11 bits per heavy atom. The highest BCUT2D eigenvalue weighted by molar-refractivity contribution is 6.91. The minimum Gasteiger partial charge on any atom is -0.492 e. The minimum atomic E-state index is -1.39. The first-order chi connectivity index (χ1) is 9.19. The molecule has 0 fully saturated rings. The van der Waals surface area contributed by atoms with Crippen LogP contribution >= 0.6 is 0 Å². The Labute approximate surface area is 116 Å². The van der Waals surface area contributed by atoms with Crippen LogP contribution in [0.25, 0.3) is 5.52 Å². The van der Waals surface area contributed by atoms with Crippen molar-refractivity contribution >= 4 is 18.9 Å². The fourth-order valence-corrected chi connectivity index (χ4v) is 6.13. The second-order valence-corrected chi connectivity index (χ2v) is 10.2. The van der Waals surface area contributed by atoms with Gasteiger partial charge in [-0.25, -0.2) is 4.52 Å². The van der Waals surface area contributed by atoms with E-state index in [1.165, 1.54) is 29.0 Å². The number of aromatic nitrogens is 2. The number of hydrogen-bond donors (Lipinski definition) is 0. The molecule has 19 heavy (non-hydrogen) atoms. The van der Waals surface area contributed by atoms with Gasteiger partial charge in [-0.1, -0.05) is 38.9 Å². The number of rotatable bonds is 6.